The molecule has 0 N–H and O–H groups in total. The van der Waals surface area contributed by atoms with E-state index in [4.69, 9.17) is 4.74 Å². The predicted molar refractivity (Wildman–Crippen MR) is 136 cm³/mol. The third kappa shape index (κ3) is 4.58. The molecule has 0 spiro atoms. The number of ether oxygens (including phenoxy) is 1. The number of nitrogens with zero attached hydrogens (tertiary/aromatic N) is 4. The number of fused-ring (bicyclic) bond motifs is 1. The largest absolute Gasteiger partial charge is 0.373 e. The van der Waals surface area contributed by atoms with E-state index >= 15 is 0 Å². The van der Waals surface area contributed by atoms with Crippen LogP contribution in [0.1, 0.15) is 35.5 Å². The van der Waals surface area contributed by atoms with Crippen molar-refractivity contribution in [2.45, 2.75) is 25.5 Å². The van der Waals surface area contributed by atoms with Crippen LogP contribution < -0.4 is 4.90 Å². The van der Waals surface area contributed by atoms with Crippen LogP contribution in [0, 0.1) is 5.82 Å². The van der Waals surface area contributed by atoms with Crippen molar-refractivity contribution in [3.63, 3.8) is 0 Å². The Morgan fingerprint density at radius 3 is 2.31 bits per heavy atom. The Balaban J connectivity index is 1.46. The standard InChI is InChI=1S/C28H33FN4O2/c1-3-14-32-20-25(31-18-16-30(17-19-31)22-11-9-21(29)10-12-22)27(35-2)26-24(28(32)34)13-15-33(26)23-7-5-4-6-8-23/h4-13,15,25,27H,3,14,16-20H2,1-2H3. The maximum absolute atomic E-state index is 13.6. The summed E-state index contributed by atoms with van der Waals surface area (Å²) in [6, 6.07) is 18.8. The van der Waals surface area contributed by atoms with Crippen LogP contribution in [0.25, 0.3) is 5.69 Å². The minimum absolute atomic E-state index is 0.0319. The molecule has 0 radical (unpaired) electrons. The number of methoxy groups -OCH3 is 1. The van der Waals surface area contributed by atoms with Gasteiger partial charge in [-0.1, -0.05) is 25.1 Å². The second kappa shape index (κ2) is 10.2. The lowest BCUT2D eigenvalue weighted by atomic mass is 10.0. The van der Waals surface area contributed by atoms with Gasteiger partial charge in [0.1, 0.15) is 11.9 Å². The first-order chi connectivity index (χ1) is 17.1. The van der Waals surface area contributed by atoms with Gasteiger partial charge in [-0.25, -0.2) is 4.39 Å². The van der Waals surface area contributed by atoms with Crippen molar-refractivity contribution in [2.24, 2.45) is 0 Å². The molecule has 0 aliphatic carbocycles. The smallest absolute Gasteiger partial charge is 0.255 e. The average Bonchev–Trinajstić information content (AvgIpc) is 3.29. The summed E-state index contributed by atoms with van der Waals surface area (Å²) >= 11 is 0. The fourth-order valence-electron chi connectivity index (χ4n) is 5.49. The molecule has 2 unspecified atom stereocenters. The molecular formula is C28H33FN4O2. The summed E-state index contributed by atoms with van der Waals surface area (Å²) in [4.78, 5) is 20.4. The van der Waals surface area contributed by atoms with Gasteiger partial charge in [-0.2, -0.15) is 0 Å². The van der Waals surface area contributed by atoms with E-state index in [0.29, 0.717) is 6.54 Å². The number of para-hydroxylation sites is 1. The van der Waals surface area contributed by atoms with E-state index in [2.05, 4.69) is 33.4 Å². The van der Waals surface area contributed by atoms with Crippen LogP contribution >= 0.6 is 0 Å². The second-order valence-corrected chi connectivity index (χ2v) is 9.29. The van der Waals surface area contributed by atoms with Gasteiger partial charge in [-0.15, -0.1) is 0 Å². The van der Waals surface area contributed by atoms with Crippen molar-refractivity contribution < 1.29 is 13.9 Å². The fourth-order valence-corrected chi connectivity index (χ4v) is 5.49. The summed E-state index contributed by atoms with van der Waals surface area (Å²) < 4.78 is 21.7. The quantitative estimate of drug-likeness (QED) is 0.530. The summed E-state index contributed by atoms with van der Waals surface area (Å²) in [5, 5.41) is 0. The molecule has 1 amide bonds. The van der Waals surface area contributed by atoms with Crippen LogP contribution in [0.3, 0.4) is 0 Å². The number of aromatic nitrogens is 1. The molecule has 5 rings (SSSR count). The van der Waals surface area contributed by atoms with Crippen LogP contribution in [0.15, 0.2) is 66.9 Å². The Morgan fingerprint density at radius 1 is 0.943 bits per heavy atom. The molecule has 3 aromatic rings. The average molecular weight is 477 g/mol. The van der Waals surface area contributed by atoms with Gasteiger partial charge in [0, 0.05) is 63.9 Å². The van der Waals surface area contributed by atoms with Crippen LogP contribution in [-0.4, -0.2) is 72.7 Å². The lowest BCUT2D eigenvalue weighted by Gasteiger charge is -2.43. The van der Waals surface area contributed by atoms with Crippen LogP contribution in [0.5, 0.6) is 0 Å². The summed E-state index contributed by atoms with van der Waals surface area (Å²) in [6.45, 7) is 6.83. The van der Waals surface area contributed by atoms with E-state index in [0.717, 1.165) is 61.8 Å². The van der Waals surface area contributed by atoms with Crippen molar-refractivity contribution in [3.05, 3.63) is 83.9 Å². The van der Waals surface area contributed by atoms with E-state index in [1.165, 1.54) is 12.1 Å². The van der Waals surface area contributed by atoms with Crippen LogP contribution in [-0.2, 0) is 4.74 Å². The Kier molecular flexibility index (Phi) is 6.88. The number of piperazine rings is 1. The highest BCUT2D eigenvalue weighted by Gasteiger charge is 2.41. The number of hydrogen-bond donors (Lipinski definition) is 0. The molecule has 2 aliphatic rings. The van der Waals surface area contributed by atoms with Gasteiger partial charge in [0.2, 0.25) is 0 Å². The monoisotopic (exact) mass is 476 g/mol. The zero-order valence-corrected chi connectivity index (χ0v) is 20.4. The Bertz CT molecular complexity index is 1140. The molecule has 2 aliphatic heterocycles. The first-order valence-corrected chi connectivity index (χ1v) is 12.4. The zero-order chi connectivity index (χ0) is 24.4. The normalized spacial score (nSPS) is 21.2. The van der Waals surface area contributed by atoms with Gasteiger partial charge in [-0.3, -0.25) is 9.69 Å². The van der Waals surface area contributed by atoms with Gasteiger partial charge >= 0.3 is 0 Å². The van der Waals surface area contributed by atoms with Crippen molar-refractivity contribution in [3.8, 4) is 5.69 Å². The van der Waals surface area contributed by atoms with Crippen molar-refractivity contribution in [1.82, 2.24) is 14.4 Å². The first-order valence-electron chi connectivity index (χ1n) is 12.4. The summed E-state index contributed by atoms with van der Waals surface area (Å²) in [6.07, 6.45) is 2.65. The molecule has 2 aromatic carbocycles. The number of hydrogen-bond acceptors (Lipinski definition) is 4. The molecular weight excluding hydrogens is 443 g/mol. The van der Waals surface area contributed by atoms with Gasteiger partial charge in [0.25, 0.3) is 5.91 Å². The zero-order valence-electron chi connectivity index (χ0n) is 20.4. The molecule has 3 heterocycles. The van der Waals surface area contributed by atoms with E-state index in [1.54, 1.807) is 7.11 Å². The molecule has 184 valence electrons. The van der Waals surface area contributed by atoms with E-state index in [9.17, 15) is 9.18 Å². The number of anilines is 1. The van der Waals surface area contributed by atoms with Crippen molar-refractivity contribution in [2.75, 3.05) is 51.3 Å². The minimum Gasteiger partial charge on any atom is -0.373 e. The van der Waals surface area contributed by atoms with Crippen LogP contribution in [0.2, 0.25) is 0 Å². The van der Waals surface area contributed by atoms with Crippen molar-refractivity contribution in [1.29, 1.82) is 0 Å². The van der Waals surface area contributed by atoms with E-state index in [-0.39, 0.29) is 23.9 Å². The number of halogens is 1. The lowest BCUT2D eigenvalue weighted by Crippen LogP contribution is -2.55. The topological polar surface area (TPSA) is 41.0 Å². The Labute approximate surface area is 206 Å². The number of carbonyl (C=O) groups excluding carboxylic acids is 1. The summed E-state index contributed by atoms with van der Waals surface area (Å²) in [5.41, 5.74) is 3.71. The van der Waals surface area contributed by atoms with Gasteiger partial charge < -0.3 is 19.1 Å². The van der Waals surface area contributed by atoms with Gasteiger partial charge in [-0.05, 0) is 48.9 Å². The highest BCUT2D eigenvalue weighted by Crippen LogP contribution is 2.35. The molecule has 1 fully saturated rings. The molecule has 0 bridgehead atoms. The predicted octanol–water partition coefficient (Wildman–Crippen LogP) is 4.36. The summed E-state index contributed by atoms with van der Waals surface area (Å²) in [5.74, 6) is -0.141. The maximum atomic E-state index is 13.6. The number of amides is 1. The fraction of sp³-hybridized carbons (Fsp3) is 0.393. The van der Waals surface area contributed by atoms with Crippen molar-refractivity contribution >= 4 is 11.6 Å². The molecule has 0 saturated carbocycles. The highest BCUT2D eigenvalue weighted by molar-refractivity contribution is 5.96. The molecule has 7 heteroatoms. The molecule has 2 atom stereocenters. The summed E-state index contributed by atoms with van der Waals surface area (Å²) in [7, 11) is 1.75. The number of rotatable bonds is 6. The SMILES string of the molecule is CCCN1CC(N2CCN(c3ccc(F)cc3)CC2)C(OC)c2c(ccn2-c2ccccc2)C1=O. The molecule has 1 aromatic heterocycles. The highest BCUT2D eigenvalue weighted by atomic mass is 19.1. The minimum atomic E-state index is -0.247. The van der Waals surface area contributed by atoms with E-state index < -0.39 is 0 Å². The molecule has 1 saturated heterocycles. The molecule has 35 heavy (non-hydrogen) atoms. The van der Waals surface area contributed by atoms with Crippen LogP contribution in [0.4, 0.5) is 10.1 Å². The molecule has 6 nitrogen and oxygen atoms in total. The number of carbonyl (C=O) groups is 1. The van der Waals surface area contributed by atoms with E-state index in [1.807, 2.05) is 47.5 Å². The number of benzene rings is 2. The second-order valence-electron chi connectivity index (χ2n) is 9.29. The third-order valence-electron chi connectivity index (χ3n) is 7.23. The first kappa shape index (κ1) is 23.6. The third-order valence-corrected chi connectivity index (χ3v) is 7.23. The Morgan fingerprint density at radius 2 is 1.66 bits per heavy atom. The van der Waals surface area contributed by atoms with Gasteiger partial charge in [0.05, 0.1) is 17.3 Å². The Hall–Kier alpha value is -3.16. The maximum Gasteiger partial charge on any atom is 0.255 e. The lowest BCUT2D eigenvalue weighted by molar-refractivity contribution is -0.00252. The van der Waals surface area contributed by atoms with Gasteiger partial charge in [0.15, 0.2) is 0 Å².